The lowest BCUT2D eigenvalue weighted by molar-refractivity contribution is 0.102. The summed E-state index contributed by atoms with van der Waals surface area (Å²) < 4.78 is 10.9. The van der Waals surface area contributed by atoms with Crippen LogP contribution in [-0.4, -0.2) is 31.2 Å². The monoisotopic (exact) mass is 363 g/mol. The molecule has 0 saturated carbocycles. The predicted molar refractivity (Wildman–Crippen MR) is 106 cm³/mol. The lowest BCUT2D eigenvalue weighted by Crippen LogP contribution is -2.14. The maximum absolute atomic E-state index is 12.6. The fourth-order valence-corrected chi connectivity index (χ4v) is 2.43. The number of amides is 1. The second-order valence-electron chi connectivity index (χ2n) is 5.75. The molecule has 3 rings (SSSR count). The van der Waals surface area contributed by atoms with Crippen LogP contribution >= 0.6 is 0 Å². The van der Waals surface area contributed by atoms with Gasteiger partial charge in [0.05, 0.1) is 23.5 Å². The van der Waals surface area contributed by atoms with E-state index in [1.807, 2.05) is 48.5 Å². The molecule has 0 unspecified atom stereocenters. The Morgan fingerprint density at radius 1 is 1.04 bits per heavy atom. The van der Waals surface area contributed by atoms with Gasteiger partial charge in [-0.15, -0.1) is 0 Å². The molecule has 0 aliphatic heterocycles. The highest BCUT2D eigenvalue weighted by Crippen LogP contribution is 2.29. The van der Waals surface area contributed by atoms with Crippen LogP contribution in [0.2, 0.25) is 0 Å². The molecule has 2 N–H and O–H groups in total. The SMILES string of the molecule is COCCNc1cncc(C(=O)Nc2ccccc2Oc2ccccc2)c1. The van der Waals surface area contributed by atoms with Crippen LogP contribution in [0.1, 0.15) is 10.4 Å². The molecule has 2 aromatic carbocycles. The predicted octanol–water partition coefficient (Wildman–Crippen LogP) is 4.18. The Balaban J connectivity index is 1.72. The second-order valence-corrected chi connectivity index (χ2v) is 5.75. The third-order valence-electron chi connectivity index (χ3n) is 3.74. The van der Waals surface area contributed by atoms with Crippen molar-refractivity contribution >= 4 is 17.3 Å². The Kier molecular flexibility index (Phi) is 6.38. The van der Waals surface area contributed by atoms with E-state index in [1.165, 1.54) is 6.20 Å². The van der Waals surface area contributed by atoms with Gasteiger partial charge in [-0.3, -0.25) is 9.78 Å². The summed E-state index contributed by atoms with van der Waals surface area (Å²) in [6.45, 7) is 1.21. The van der Waals surface area contributed by atoms with E-state index in [0.29, 0.717) is 35.9 Å². The van der Waals surface area contributed by atoms with Gasteiger partial charge in [0.2, 0.25) is 0 Å². The van der Waals surface area contributed by atoms with E-state index in [-0.39, 0.29) is 5.91 Å². The lowest BCUT2D eigenvalue weighted by Gasteiger charge is -2.12. The summed E-state index contributed by atoms with van der Waals surface area (Å²) in [5.41, 5.74) is 1.80. The summed E-state index contributed by atoms with van der Waals surface area (Å²) in [7, 11) is 1.64. The summed E-state index contributed by atoms with van der Waals surface area (Å²) in [6.07, 6.45) is 3.19. The molecule has 1 amide bonds. The Labute approximate surface area is 158 Å². The van der Waals surface area contributed by atoms with Crippen molar-refractivity contribution in [2.75, 3.05) is 30.9 Å². The summed E-state index contributed by atoms with van der Waals surface area (Å²) in [4.78, 5) is 16.8. The molecule has 1 aromatic heterocycles. The molecule has 138 valence electrons. The number of nitrogens with one attached hydrogen (secondary N) is 2. The number of carbonyl (C=O) groups excluding carboxylic acids is 1. The van der Waals surface area contributed by atoms with E-state index in [9.17, 15) is 4.79 Å². The smallest absolute Gasteiger partial charge is 0.257 e. The van der Waals surface area contributed by atoms with Gasteiger partial charge >= 0.3 is 0 Å². The number of hydrogen-bond donors (Lipinski definition) is 2. The topological polar surface area (TPSA) is 72.5 Å². The number of carbonyl (C=O) groups is 1. The first-order valence-electron chi connectivity index (χ1n) is 8.57. The number of aromatic nitrogens is 1. The molecule has 6 heteroatoms. The van der Waals surface area contributed by atoms with Crippen LogP contribution in [0.4, 0.5) is 11.4 Å². The summed E-state index contributed by atoms with van der Waals surface area (Å²) >= 11 is 0. The van der Waals surface area contributed by atoms with Crippen molar-refractivity contribution in [1.29, 1.82) is 0 Å². The fourth-order valence-electron chi connectivity index (χ4n) is 2.43. The highest BCUT2D eigenvalue weighted by atomic mass is 16.5. The molecule has 1 heterocycles. The van der Waals surface area contributed by atoms with Crippen molar-refractivity contribution in [3.05, 3.63) is 78.6 Å². The van der Waals surface area contributed by atoms with Crippen LogP contribution in [0.5, 0.6) is 11.5 Å². The molecule has 3 aromatic rings. The van der Waals surface area contributed by atoms with E-state index in [1.54, 1.807) is 25.4 Å². The number of hydrogen-bond acceptors (Lipinski definition) is 5. The zero-order valence-corrected chi connectivity index (χ0v) is 15.0. The average Bonchev–Trinajstić information content (AvgIpc) is 2.71. The largest absolute Gasteiger partial charge is 0.455 e. The van der Waals surface area contributed by atoms with Crippen molar-refractivity contribution in [2.45, 2.75) is 0 Å². The van der Waals surface area contributed by atoms with Crippen molar-refractivity contribution in [3.63, 3.8) is 0 Å². The number of benzene rings is 2. The molecular formula is C21H21N3O3. The number of nitrogens with zero attached hydrogens (tertiary/aromatic N) is 1. The Hall–Kier alpha value is -3.38. The molecule has 0 atom stereocenters. The van der Waals surface area contributed by atoms with Crippen LogP contribution in [-0.2, 0) is 4.74 Å². The first-order chi connectivity index (χ1) is 13.3. The minimum Gasteiger partial charge on any atom is -0.455 e. The van der Waals surface area contributed by atoms with Gasteiger partial charge in [0.1, 0.15) is 5.75 Å². The van der Waals surface area contributed by atoms with Gasteiger partial charge in [0.15, 0.2) is 5.75 Å². The van der Waals surface area contributed by atoms with E-state index >= 15 is 0 Å². The number of para-hydroxylation sites is 3. The minimum atomic E-state index is -0.262. The zero-order chi connectivity index (χ0) is 18.9. The molecule has 6 nitrogen and oxygen atoms in total. The number of ether oxygens (including phenoxy) is 2. The lowest BCUT2D eigenvalue weighted by atomic mass is 10.2. The maximum atomic E-state index is 12.6. The van der Waals surface area contributed by atoms with Crippen molar-refractivity contribution in [3.8, 4) is 11.5 Å². The van der Waals surface area contributed by atoms with Gasteiger partial charge in [-0.25, -0.2) is 0 Å². The molecule has 0 aliphatic rings. The van der Waals surface area contributed by atoms with E-state index in [0.717, 1.165) is 5.69 Å². The Bertz CT molecular complexity index is 885. The number of pyridine rings is 1. The standard InChI is InChI=1S/C21H21N3O3/c1-26-12-11-23-17-13-16(14-22-15-17)21(25)24-19-9-5-6-10-20(19)27-18-7-3-2-4-8-18/h2-10,13-15,23H,11-12H2,1H3,(H,24,25). The van der Waals surface area contributed by atoms with Crippen molar-refractivity contribution < 1.29 is 14.3 Å². The van der Waals surface area contributed by atoms with Gasteiger partial charge < -0.3 is 20.1 Å². The zero-order valence-electron chi connectivity index (χ0n) is 15.0. The van der Waals surface area contributed by atoms with Crippen LogP contribution in [0.15, 0.2) is 73.1 Å². The highest BCUT2D eigenvalue weighted by molar-refractivity contribution is 6.05. The van der Waals surface area contributed by atoms with Crippen LogP contribution in [0, 0.1) is 0 Å². The molecule has 0 spiro atoms. The maximum Gasteiger partial charge on any atom is 0.257 e. The second kappa shape index (κ2) is 9.35. The van der Waals surface area contributed by atoms with Crippen molar-refractivity contribution in [1.82, 2.24) is 4.98 Å². The third kappa shape index (κ3) is 5.29. The summed E-state index contributed by atoms with van der Waals surface area (Å²) in [5.74, 6) is 1.01. The normalized spacial score (nSPS) is 10.3. The first kappa shape index (κ1) is 18.4. The summed E-state index contributed by atoms with van der Waals surface area (Å²) in [5, 5.41) is 6.04. The van der Waals surface area contributed by atoms with Gasteiger partial charge in [-0.2, -0.15) is 0 Å². The summed E-state index contributed by atoms with van der Waals surface area (Å²) in [6, 6.07) is 18.5. The highest BCUT2D eigenvalue weighted by Gasteiger charge is 2.11. The number of anilines is 2. The van der Waals surface area contributed by atoms with E-state index in [2.05, 4.69) is 15.6 Å². The molecule has 0 radical (unpaired) electrons. The van der Waals surface area contributed by atoms with Crippen LogP contribution in [0.25, 0.3) is 0 Å². The van der Waals surface area contributed by atoms with Crippen LogP contribution in [0.3, 0.4) is 0 Å². The average molecular weight is 363 g/mol. The minimum absolute atomic E-state index is 0.262. The van der Waals surface area contributed by atoms with Crippen molar-refractivity contribution in [2.24, 2.45) is 0 Å². The quantitative estimate of drug-likeness (QED) is 0.587. The molecule has 0 bridgehead atoms. The molecule has 27 heavy (non-hydrogen) atoms. The third-order valence-corrected chi connectivity index (χ3v) is 3.74. The van der Waals surface area contributed by atoms with E-state index in [4.69, 9.17) is 9.47 Å². The molecule has 0 aliphatic carbocycles. The number of methoxy groups -OCH3 is 1. The Morgan fingerprint density at radius 2 is 1.81 bits per heavy atom. The van der Waals surface area contributed by atoms with Gasteiger partial charge in [0.25, 0.3) is 5.91 Å². The first-order valence-corrected chi connectivity index (χ1v) is 8.57. The Morgan fingerprint density at radius 3 is 2.63 bits per heavy atom. The van der Waals surface area contributed by atoms with Gasteiger partial charge in [0, 0.05) is 26.0 Å². The molecule has 0 saturated heterocycles. The van der Waals surface area contributed by atoms with Gasteiger partial charge in [-0.1, -0.05) is 30.3 Å². The van der Waals surface area contributed by atoms with Crippen LogP contribution < -0.4 is 15.4 Å². The molecule has 0 fully saturated rings. The van der Waals surface area contributed by atoms with E-state index < -0.39 is 0 Å². The van der Waals surface area contributed by atoms with Gasteiger partial charge in [-0.05, 0) is 30.3 Å². The molecular weight excluding hydrogens is 342 g/mol. The fraction of sp³-hybridized carbons (Fsp3) is 0.143. The number of rotatable bonds is 8.